The van der Waals surface area contributed by atoms with Crippen molar-refractivity contribution in [3.63, 3.8) is 0 Å². The summed E-state index contributed by atoms with van der Waals surface area (Å²) in [5.74, 6) is -0.485. The van der Waals surface area contributed by atoms with Gasteiger partial charge in [0.25, 0.3) is 10.1 Å². The smallest absolute Gasteiger partial charge is 0.337 e. The number of aromatic nitrogens is 1. The van der Waals surface area contributed by atoms with Crippen LogP contribution < -0.4 is 14.0 Å². The SMILES string of the molecule is COc1ccc2c(c1)c(C(=O)O)c1cc(OC)ccc1[n+]2CCCS(=O)(=O)O. The predicted octanol–water partition coefficient (Wildman–Crippen LogP) is 2.27. The molecule has 0 saturated heterocycles. The van der Waals surface area contributed by atoms with Crippen molar-refractivity contribution in [2.45, 2.75) is 13.0 Å². The Labute approximate surface area is 161 Å². The van der Waals surface area contributed by atoms with Gasteiger partial charge >= 0.3 is 5.97 Å². The number of carboxylic acid groups (broad SMARTS) is 1. The van der Waals surface area contributed by atoms with Crippen molar-refractivity contribution < 1.29 is 36.9 Å². The van der Waals surface area contributed by atoms with Crippen LogP contribution in [0, 0.1) is 0 Å². The van der Waals surface area contributed by atoms with Crippen LogP contribution in [0.25, 0.3) is 21.8 Å². The number of aryl methyl sites for hydroxylation is 1. The van der Waals surface area contributed by atoms with Crippen LogP contribution >= 0.6 is 0 Å². The molecule has 148 valence electrons. The van der Waals surface area contributed by atoms with Gasteiger partial charge in [0.2, 0.25) is 11.0 Å². The Balaban J connectivity index is 2.35. The molecule has 8 nitrogen and oxygen atoms in total. The van der Waals surface area contributed by atoms with Gasteiger partial charge in [-0.2, -0.15) is 13.0 Å². The lowest BCUT2D eigenvalue weighted by Crippen LogP contribution is -2.37. The molecule has 0 spiro atoms. The van der Waals surface area contributed by atoms with E-state index in [1.54, 1.807) is 36.4 Å². The monoisotopic (exact) mass is 406 g/mol. The van der Waals surface area contributed by atoms with E-state index in [9.17, 15) is 18.3 Å². The summed E-state index contributed by atoms with van der Waals surface area (Å²) in [5.41, 5.74) is 1.34. The van der Waals surface area contributed by atoms with Gasteiger partial charge in [-0.3, -0.25) is 4.55 Å². The number of carbonyl (C=O) groups is 1. The van der Waals surface area contributed by atoms with E-state index >= 15 is 0 Å². The minimum absolute atomic E-state index is 0.105. The van der Waals surface area contributed by atoms with E-state index in [1.807, 2.05) is 4.57 Å². The van der Waals surface area contributed by atoms with Crippen LogP contribution in [-0.4, -0.2) is 44.0 Å². The topological polar surface area (TPSA) is 114 Å². The second kappa shape index (κ2) is 7.61. The third kappa shape index (κ3) is 3.85. The third-order valence-electron chi connectivity index (χ3n) is 4.53. The maximum atomic E-state index is 12.1. The second-order valence-electron chi connectivity index (χ2n) is 6.24. The molecule has 28 heavy (non-hydrogen) atoms. The first kappa shape index (κ1) is 19.8. The van der Waals surface area contributed by atoms with Crippen LogP contribution in [0.2, 0.25) is 0 Å². The van der Waals surface area contributed by atoms with Crippen molar-refractivity contribution in [1.29, 1.82) is 0 Å². The van der Waals surface area contributed by atoms with E-state index in [-0.39, 0.29) is 18.5 Å². The number of hydrogen-bond acceptors (Lipinski definition) is 5. The molecule has 0 aliphatic heterocycles. The zero-order valence-corrected chi connectivity index (χ0v) is 16.2. The zero-order valence-electron chi connectivity index (χ0n) is 15.4. The molecular weight excluding hydrogens is 386 g/mol. The van der Waals surface area contributed by atoms with Crippen molar-refractivity contribution in [2.75, 3.05) is 20.0 Å². The minimum Gasteiger partial charge on any atom is -0.497 e. The maximum Gasteiger partial charge on any atom is 0.337 e. The van der Waals surface area contributed by atoms with Gasteiger partial charge < -0.3 is 14.6 Å². The highest BCUT2D eigenvalue weighted by molar-refractivity contribution is 7.85. The first-order valence-corrected chi connectivity index (χ1v) is 10.1. The van der Waals surface area contributed by atoms with Gasteiger partial charge in [0.15, 0.2) is 6.54 Å². The number of nitrogens with zero attached hydrogens (tertiary/aromatic N) is 1. The van der Waals surface area contributed by atoms with Crippen molar-refractivity contribution in [2.24, 2.45) is 0 Å². The number of fused-ring (bicyclic) bond motifs is 2. The molecule has 0 aliphatic carbocycles. The van der Waals surface area contributed by atoms with Crippen molar-refractivity contribution in [3.05, 3.63) is 42.0 Å². The van der Waals surface area contributed by atoms with Crippen LogP contribution in [0.4, 0.5) is 0 Å². The van der Waals surface area contributed by atoms with E-state index in [2.05, 4.69) is 0 Å². The molecule has 0 amide bonds. The summed E-state index contributed by atoms with van der Waals surface area (Å²) in [4.78, 5) is 12.1. The summed E-state index contributed by atoms with van der Waals surface area (Å²) in [6.45, 7) is 0.269. The summed E-state index contributed by atoms with van der Waals surface area (Å²) >= 11 is 0. The Bertz CT molecular complexity index is 1110. The van der Waals surface area contributed by atoms with Gasteiger partial charge in [-0.1, -0.05) is 0 Å². The first-order chi connectivity index (χ1) is 13.2. The average molecular weight is 406 g/mol. The van der Waals surface area contributed by atoms with Crippen LogP contribution in [0.3, 0.4) is 0 Å². The van der Waals surface area contributed by atoms with E-state index in [4.69, 9.17) is 14.0 Å². The summed E-state index contributed by atoms with van der Waals surface area (Å²) in [5, 5.41) is 10.8. The molecule has 0 fully saturated rings. The number of carboxylic acids is 1. The van der Waals surface area contributed by atoms with E-state index in [1.165, 1.54) is 14.2 Å². The van der Waals surface area contributed by atoms with Crippen LogP contribution in [0.15, 0.2) is 36.4 Å². The van der Waals surface area contributed by atoms with Gasteiger partial charge in [0, 0.05) is 18.6 Å². The molecular formula is C19H20NO7S+. The van der Waals surface area contributed by atoms with Gasteiger partial charge in [0.1, 0.15) is 11.5 Å². The number of ether oxygens (including phenoxy) is 2. The summed E-state index contributed by atoms with van der Waals surface area (Å²) in [6.07, 6.45) is 0.165. The fraction of sp³-hybridized carbons (Fsp3) is 0.263. The Morgan fingerprint density at radius 2 is 1.50 bits per heavy atom. The fourth-order valence-electron chi connectivity index (χ4n) is 3.31. The van der Waals surface area contributed by atoms with Crippen LogP contribution in [-0.2, 0) is 16.7 Å². The van der Waals surface area contributed by atoms with Crippen molar-refractivity contribution >= 4 is 37.9 Å². The van der Waals surface area contributed by atoms with Gasteiger partial charge in [-0.25, -0.2) is 4.79 Å². The quantitative estimate of drug-likeness (QED) is 0.351. The van der Waals surface area contributed by atoms with Crippen LogP contribution in [0.1, 0.15) is 16.8 Å². The summed E-state index contributed by atoms with van der Waals surface area (Å²) in [7, 11) is -1.11. The van der Waals surface area contributed by atoms with Gasteiger partial charge in [-0.15, -0.1) is 0 Å². The van der Waals surface area contributed by atoms with E-state index in [0.29, 0.717) is 33.3 Å². The second-order valence-corrected chi connectivity index (χ2v) is 7.81. The first-order valence-electron chi connectivity index (χ1n) is 8.45. The predicted molar refractivity (Wildman–Crippen MR) is 103 cm³/mol. The molecule has 0 aliphatic rings. The molecule has 3 aromatic rings. The molecule has 1 aromatic heterocycles. The molecule has 2 aromatic carbocycles. The molecule has 0 saturated carbocycles. The molecule has 0 radical (unpaired) electrons. The lowest BCUT2D eigenvalue weighted by Gasteiger charge is -2.11. The summed E-state index contributed by atoms with van der Waals surface area (Å²) < 4.78 is 43.5. The molecule has 2 N–H and O–H groups in total. The largest absolute Gasteiger partial charge is 0.497 e. The number of rotatable bonds is 7. The maximum absolute atomic E-state index is 12.1. The third-order valence-corrected chi connectivity index (χ3v) is 5.33. The highest BCUT2D eigenvalue weighted by atomic mass is 32.2. The molecule has 0 bridgehead atoms. The van der Waals surface area contributed by atoms with Crippen molar-refractivity contribution in [1.82, 2.24) is 0 Å². The number of methoxy groups -OCH3 is 2. The molecule has 0 atom stereocenters. The molecule has 0 unspecified atom stereocenters. The fourth-order valence-corrected chi connectivity index (χ4v) is 3.80. The molecule has 3 rings (SSSR count). The standard InChI is InChI=1S/C19H19NO7S/c1-26-12-4-6-16-14(10-12)18(19(21)22)15-11-13(27-2)5-7-17(15)20(16)8-3-9-28(23,24)25/h4-7,10-11H,3,8-9H2,1-2H3,(H-,21,22,23,24,25)/p+1. The molecule has 9 heteroatoms. The zero-order chi connectivity index (χ0) is 20.5. The van der Waals surface area contributed by atoms with Gasteiger partial charge in [-0.05, 0) is 24.3 Å². The van der Waals surface area contributed by atoms with Crippen LogP contribution in [0.5, 0.6) is 11.5 Å². The normalized spacial score (nSPS) is 11.7. The number of benzene rings is 2. The number of pyridine rings is 1. The number of aromatic carboxylic acids is 1. The lowest BCUT2D eigenvalue weighted by molar-refractivity contribution is -0.645. The van der Waals surface area contributed by atoms with Crippen molar-refractivity contribution in [3.8, 4) is 11.5 Å². The highest BCUT2D eigenvalue weighted by Crippen LogP contribution is 2.30. The van der Waals surface area contributed by atoms with Gasteiger partial charge in [0.05, 0.1) is 36.3 Å². The Hall–Kier alpha value is -2.91. The lowest BCUT2D eigenvalue weighted by atomic mass is 10.0. The number of hydrogen-bond donors (Lipinski definition) is 2. The highest BCUT2D eigenvalue weighted by Gasteiger charge is 2.25. The minimum atomic E-state index is -4.09. The summed E-state index contributed by atoms with van der Waals surface area (Å²) in [6, 6.07) is 10.2. The Kier molecular flexibility index (Phi) is 5.39. The Morgan fingerprint density at radius 3 is 1.89 bits per heavy atom. The average Bonchev–Trinajstić information content (AvgIpc) is 2.65. The Morgan fingerprint density at radius 1 is 1.00 bits per heavy atom. The molecule has 1 heterocycles. The van der Waals surface area contributed by atoms with E-state index < -0.39 is 21.8 Å². The van der Waals surface area contributed by atoms with E-state index in [0.717, 1.165) is 0 Å².